The third-order valence-electron chi connectivity index (χ3n) is 3.96. The maximum absolute atomic E-state index is 5.76. The highest BCUT2D eigenvalue weighted by atomic mass is 35.5. The minimum Gasteiger partial charge on any atom is -0.486 e. The number of piperazine rings is 1. The highest BCUT2D eigenvalue weighted by molar-refractivity contribution is 7.09. The molecule has 1 aromatic carbocycles. The number of hydrogen-bond donors (Lipinski definition) is 1. The molecule has 2 atom stereocenters. The lowest BCUT2D eigenvalue weighted by Crippen LogP contribution is -2.53. The summed E-state index contributed by atoms with van der Waals surface area (Å²) in [5.41, 5.74) is 1.15. The number of hydrogen-bond acceptors (Lipinski definition) is 5. The van der Waals surface area contributed by atoms with Crippen LogP contribution in [0.4, 0.5) is 0 Å². The Morgan fingerprint density at radius 2 is 2.09 bits per heavy atom. The second-order valence-corrected chi connectivity index (χ2v) is 6.86. The highest BCUT2D eigenvalue weighted by Gasteiger charge is 2.22. The van der Waals surface area contributed by atoms with Gasteiger partial charge < -0.3 is 10.1 Å². The van der Waals surface area contributed by atoms with Crippen LogP contribution in [0.2, 0.25) is 0 Å². The van der Waals surface area contributed by atoms with Crippen LogP contribution in [-0.4, -0.2) is 35.1 Å². The lowest BCUT2D eigenvalue weighted by atomic mass is 10.1. The Bertz CT molecular complexity index is 593. The smallest absolute Gasteiger partial charge is 0.140 e. The van der Waals surface area contributed by atoms with E-state index in [-0.39, 0.29) is 12.4 Å². The van der Waals surface area contributed by atoms with Gasteiger partial charge in [0.25, 0.3) is 0 Å². The fourth-order valence-corrected chi connectivity index (χ4v) is 3.37. The van der Waals surface area contributed by atoms with E-state index in [9.17, 15) is 0 Å². The summed E-state index contributed by atoms with van der Waals surface area (Å²) < 4.78 is 5.76. The van der Waals surface area contributed by atoms with Gasteiger partial charge in [0.2, 0.25) is 0 Å². The maximum Gasteiger partial charge on any atom is 0.140 e. The molecule has 1 aliphatic rings. The van der Waals surface area contributed by atoms with E-state index in [1.54, 1.807) is 11.3 Å². The molecule has 0 aliphatic carbocycles. The number of thiazole rings is 1. The predicted molar refractivity (Wildman–Crippen MR) is 97.5 cm³/mol. The molecule has 0 saturated carbocycles. The van der Waals surface area contributed by atoms with E-state index in [4.69, 9.17) is 9.72 Å². The van der Waals surface area contributed by atoms with Crippen LogP contribution in [-0.2, 0) is 13.2 Å². The van der Waals surface area contributed by atoms with Crippen LogP contribution in [0.1, 0.15) is 24.5 Å². The molecule has 4 nitrogen and oxygen atoms in total. The molecule has 1 saturated heterocycles. The maximum atomic E-state index is 5.76. The van der Waals surface area contributed by atoms with Crippen molar-refractivity contribution in [2.45, 2.75) is 39.1 Å². The molecule has 2 aromatic rings. The number of aromatic nitrogens is 1. The first kappa shape index (κ1) is 18.2. The van der Waals surface area contributed by atoms with Gasteiger partial charge in [-0.1, -0.05) is 18.2 Å². The average Bonchev–Trinajstić information content (AvgIpc) is 2.98. The second kappa shape index (κ2) is 8.64. The summed E-state index contributed by atoms with van der Waals surface area (Å²) >= 11 is 1.68. The number of ether oxygens (including phenoxy) is 1. The molecule has 126 valence electrons. The first-order valence-corrected chi connectivity index (χ1v) is 8.67. The Labute approximate surface area is 148 Å². The van der Waals surface area contributed by atoms with E-state index < -0.39 is 0 Å². The van der Waals surface area contributed by atoms with Crippen LogP contribution in [0.5, 0.6) is 5.75 Å². The minimum atomic E-state index is 0. The molecule has 0 bridgehead atoms. The quantitative estimate of drug-likeness (QED) is 0.894. The van der Waals surface area contributed by atoms with Gasteiger partial charge in [-0.25, -0.2) is 4.98 Å². The van der Waals surface area contributed by atoms with Crippen molar-refractivity contribution in [3.63, 3.8) is 0 Å². The van der Waals surface area contributed by atoms with Crippen molar-refractivity contribution in [3.05, 3.63) is 46.4 Å². The van der Waals surface area contributed by atoms with Crippen LogP contribution >= 0.6 is 23.7 Å². The predicted octanol–water partition coefficient (Wildman–Crippen LogP) is 3.33. The Kier molecular flexibility index (Phi) is 6.84. The summed E-state index contributed by atoms with van der Waals surface area (Å²) in [6.07, 6.45) is 0. The summed E-state index contributed by atoms with van der Waals surface area (Å²) in [6.45, 7) is 8.10. The highest BCUT2D eigenvalue weighted by Crippen LogP contribution is 2.17. The molecule has 2 unspecified atom stereocenters. The zero-order chi connectivity index (χ0) is 15.4. The van der Waals surface area contributed by atoms with Gasteiger partial charge in [0, 0.05) is 37.1 Å². The average molecular weight is 354 g/mol. The standard InChI is InChI=1S/C17H23N3OS.ClH/c1-13-9-20(14(2)8-18-13)10-15-12-22-17(19-15)11-21-16-6-4-3-5-7-16;/h3-7,12-14,18H,8-11H2,1-2H3;1H. The first-order valence-electron chi connectivity index (χ1n) is 7.79. The molecule has 1 aliphatic heterocycles. The van der Waals surface area contributed by atoms with Crippen LogP contribution in [0.25, 0.3) is 0 Å². The molecule has 3 rings (SSSR count). The lowest BCUT2D eigenvalue weighted by molar-refractivity contribution is 0.137. The van der Waals surface area contributed by atoms with Gasteiger partial charge >= 0.3 is 0 Å². The van der Waals surface area contributed by atoms with Gasteiger partial charge in [-0.05, 0) is 26.0 Å². The van der Waals surface area contributed by atoms with Crippen molar-refractivity contribution in [2.24, 2.45) is 0 Å². The zero-order valence-electron chi connectivity index (χ0n) is 13.6. The third kappa shape index (κ3) is 5.18. The van der Waals surface area contributed by atoms with E-state index in [0.717, 1.165) is 36.1 Å². The van der Waals surface area contributed by atoms with Gasteiger partial charge in [0.05, 0.1) is 5.69 Å². The number of rotatable bonds is 5. The minimum absolute atomic E-state index is 0. The zero-order valence-corrected chi connectivity index (χ0v) is 15.2. The first-order chi connectivity index (χ1) is 10.7. The van der Waals surface area contributed by atoms with Gasteiger partial charge in [-0.2, -0.15) is 0 Å². The molecule has 2 heterocycles. The fraction of sp³-hybridized carbons (Fsp3) is 0.471. The van der Waals surface area contributed by atoms with E-state index >= 15 is 0 Å². The van der Waals surface area contributed by atoms with Crippen molar-refractivity contribution < 1.29 is 4.74 Å². The van der Waals surface area contributed by atoms with Crippen LogP contribution in [0.15, 0.2) is 35.7 Å². The molecule has 0 spiro atoms. The van der Waals surface area contributed by atoms with E-state index in [1.165, 1.54) is 0 Å². The van der Waals surface area contributed by atoms with E-state index in [0.29, 0.717) is 18.7 Å². The molecule has 0 amide bonds. The van der Waals surface area contributed by atoms with Crippen LogP contribution < -0.4 is 10.1 Å². The number of nitrogens with zero attached hydrogens (tertiary/aromatic N) is 2. The summed E-state index contributed by atoms with van der Waals surface area (Å²) in [7, 11) is 0. The Morgan fingerprint density at radius 1 is 1.30 bits per heavy atom. The normalized spacial score (nSPS) is 21.7. The van der Waals surface area contributed by atoms with Crippen molar-refractivity contribution in [1.82, 2.24) is 15.2 Å². The van der Waals surface area contributed by atoms with Crippen LogP contribution in [0, 0.1) is 0 Å². The number of para-hydroxylation sites is 1. The van der Waals surface area contributed by atoms with E-state index in [1.807, 2.05) is 30.3 Å². The fourth-order valence-electron chi connectivity index (χ4n) is 2.68. The molecule has 23 heavy (non-hydrogen) atoms. The lowest BCUT2D eigenvalue weighted by Gasteiger charge is -2.37. The number of nitrogens with one attached hydrogen (secondary N) is 1. The second-order valence-electron chi connectivity index (χ2n) is 5.92. The van der Waals surface area contributed by atoms with E-state index in [2.05, 4.69) is 29.4 Å². The van der Waals surface area contributed by atoms with Crippen molar-refractivity contribution in [1.29, 1.82) is 0 Å². The molecule has 6 heteroatoms. The topological polar surface area (TPSA) is 37.4 Å². The van der Waals surface area contributed by atoms with Gasteiger partial charge in [-0.3, -0.25) is 4.90 Å². The van der Waals surface area contributed by atoms with Crippen molar-refractivity contribution in [3.8, 4) is 5.75 Å². The molecular weight excluding hydrogens is 330 g/mol. The SMILES string of the molecule is CC1CN(Cc2csc(COc3ccccc3)n2)C(C)CN1.Cl. The third-order valence-corrected chi connectivity index (χ3v) is 4.83. The van der Waals surface area contributed by atoms with Crippen molar-refractivity contribution in [2.75, 3.05) is 13.1 Å². The van der Waals surface area contributed by atoms with Crippen LogP contribution in [0.3, 0.4) is 0 Å². The molecule has 0 radical (unpaired) electrons. The Morgan fingerprint density at radius 3 is 2.87 bits per heavy atom. The van der Waals surface area contributed by atoms with Gasteiger partial charge in [-0.15, -0.1) is 23.7 Å². The Hall–Kier alpha value is -1.14. The summed E-state index contributed by atoms with van der Waals surface area (Å²) in [4.78, 5) is 7.21. The monoisotopic (exact) mass is 353 g/mol. The molecule has 1 fully saturated rings. The summed E-state index contributed by atoms with van der Waals surface area (Å²) in [6, 6.07) is 11.0. The molecular formula is C17H24ClN3OS. The summed E-state index contributed by atoms with van der Waals surface area (Å²) in [5.74, 6) is 0.892. The largest absolute Gasteiger partial charge is 0.486 e. The Balaban J connectivity index is 0.00000192. The molecule has 1 N–H and O–H groups in total. The van der Waals surface area contributed by atoms with Crippen molar-refractivity contribution >= 4 is 23.7 Å². The summed E-state index contributed by atoms with van der Waals surface area (Å²) in [5, 5.41) is 6.70. The van der Waals surface area contributed by atoms with Gasteiger partial charge in [0.1, 0.15) is 17.4 Å². The number of halogens is 1. The van der Waals surface area contributed by atoms with Gasteiger partial charge in [0.15, 0.2) is 0 Å². The number of benzene rings is 1. The molecule has 1 aromatic heterocycles.